The second-order valence-corrected chi connectivity index (χ2v) is 6.25. The van der Waals surface area contributed by atoms with Crippen molar-refractivity contribution in [1.29, 1.82) is 0 Å². The fourth-order valence-electron chi connectivity index (χ4n) is 3.41. The second-order valence-electron chi connectivity index (χ2n) is 6.25. The van der Waals surface area contributed by atoms with Crippen LogP contribution >= 0.6 is 0 Å². The Morgan fingerprint density at radius 1 is 1.23 bits per heavy atom. The van der Waals surface area contributed by atoms with Crippen molar-refractivity contribution in [3.8, 4) is 0 Å². The van der Waals surface area contributed by atoms with Gasteiger partial charge in [0.05, 0.1) is 25.9 Å². The number of carbonyl (C=O) groups is 1. The van der Waals surface area contributed by atoms with Crippen molar-refractivity contribution in [2.45, 2.75) is 44.8 Å². The summed E-state index contributed by atoms with van der Waals surface area (Å²) in [5.74, 6) is 0.0908. The van der Waals surface area contributed by atoms with E-state index in [4.69, 9.17) is 9.47 Å². The van der Waals surface area contributed by atoms with Crippen molar-refractivity contribution >= 4 is 5.91 Å². The van der Waals surface area contributed by atoms with Crippen molar-refractivity contribution in [2.24, 2.45) is 0 Å². The van der Waals surface area contributed by atoms with Crippen LogP contribution in [-0.2, 0) is 14.3 Å². The summed E-state index contributed by atoms with van der Waals surface area (Å²) in [6.07, 6.45) is 4.03. The molecule has 4 heteroatoms. The number of amides is 1. The van der Waals surface area contributed by atoms with Crippen molar-refractivity contribution in [1.82, 2.24) is 4.90 Å². The number of carbonyl (C=O) groups excluding carboxylic acids is 1. The summed E-state index contributed by atoms with van der Waals surface area (Å²) < 4.78 is 11.0. The zero-order chi connectivity index (χ0) is 15.4. The number of ether oxygens (including phenoxy) is 2. The van der Waals surface area contributed by atoms with Gasteiger partial charge in [-0.15, -0.1) is 0 Å². The van der Waals surface area contributed by atoms with E-state index in [2.05, 4.69) is 31.2 Å². The Kier molecular flexibility index (Phi) is 5.11. The highest BCUT2D eigenvalue weighted by molar-refractivity contribution is 5.81. The lowest BCUT2D eigenvalue weighted by Crippen LogP contribution is -2.46. The van der Waals surface area contributed by atoms with Gasteiger partial charge in [0.15, 0.2) is 6.10 Å². The Morgan fingerprint density at radius 2 is 2.14 bits per heavy atom. The summed E-state index contributed by atoms with van der Waals surface area (Å²) in [7, 11) is 0. The second kappa shape index (κ2) is 7.25. The molecule has 120 valence electrons. The number of hydrogen-bond donors (Lipinski definition) is 0. The molecule has 1 aromatic carbocycles. The Bertz CT molecular complexity index is 511. The number of rotatable bonds is 2. The summed E-state index contributed by atoms with van der Waals surface area (Å²) in [6, 6.07) is 8.69. The number of nitrogens with zero attached hydrogens (tertiary/aromatic N) is 1. The van der Waals surface area contributed by atoms with E-state index in [-0.39, 0.29) is 11.9 Å². The minimum absolute atomic E-state index is 0.0908. The molecule has 0 N–H and O–H groups in total. The first-order valence-electron chi connectivity index (χ1n) is 8.32. The summed E-state index contributed by atoms with van der Waals surface area (Å²) in [5, 5.41) is 0. The molecule has 1 amide bonds. The topological polar surface area (TPSA) is 38.8 Å². The summed E-state index contributed by atoms with van der Waals surface area (Å²) in [4.78, 5) is 14.9. The standard InChI is InChI=1S/C18H25NO3/c1-14-6-5-7-15(12-14)16-8-3-2-4-9-19(16)18(20)17-13-21-10-11-22-17/h5-7,12,16-17H,2-4,8-11,13H2,1H3/t16-,17+/m1/s1. The third-order valence-electron chi connectivity index (χ3n) is 4.55. The first kappa shape index (κ1) is 15.5. The highest BCUT2D eigenvalue weighted by Crippen LogP contribution is 2.31. The van der Waals surface area contributed by atoms with Gasteiger partial charge in [-0.1, -0.05) is 42.7 Å². The zero-order valence-corrected chi connectivity index (χ0v) is 13.3. The molecular weight excluding hydrogens is 278 g/mol. The smallest absolute Gasteiger partial charge is 0.254 e. The highest BCUT2D eigenvalue weighted by Gasteiger charge is 2.33. The monoisotopic (exact) mass is 303 g/mol. The Morgan fingerprint density at radius 3 is 2.91 bits per heavy atom. The van der Waals surface area contributed by atoms with E-state index in [0.717, 1.165) is 19.4 Å². The molecule has 2 aliphatic rings. The highest BCUT2D eigenvalue weighted by atomic mass is 16.6. The predicted octanol–water partition coefficient (Wildman–Crippen LogP) is 2.85. The van der Waals surface area contributed by atoms with Crippen LogP contribution in [0.25, 0.3) is 0 Å². The van der Waals surface area contributed by atoms with Crippen LogP contribution in [0.5, 0.6) is 0 Å². The van der Waals surface area contributed by atoms with Crippen molar-refractivity contribution in [2.75, 3.05) is 26.4 Å². The Balaban J connectivity index is 1.82. The maximum atomic E-state index is 12.9. The average Bonchev–Trinajstić information content (AvgIpc) is 2.81. The number of hydrogen-bond acceptors (Lipinski definition) is 3. The van der Waals surface area contributed by atoms with Crippen LogP contribution in [0, 0.1) is 6.92 Å². The lowest BCUT2D eigenvalue weighted by molar-refractivity contribution is -0.160. The minimum atomic E-state index is -0.431. The van der Waals surface area contributed by atoms with Gasteiger partial charge >= 0.3 is 0 Å². The molecule has 22 heavy (non-hydrogen) atoms. The zero-order valence-electron chi connectivity index (χ0n) is 13.3. The van der Waals surface area contributed by atoms with Gasteiger partial charge in [-0.3, -0.25) is 4.79 Å². The average molecular weight is 303 g/mol. The quantitative estimate of drug-likeness (QED) is 0.843. The van der Waals surface area contributed by atoms with Crippen LogP contribution in [0.15, 0.2) is 24.3 Å². The van der Waals surface area contributed by atoms with E-state index < -0.39 is 6.10 Å². The minimum Gasteiger partial charge on any atom is -0.376 e. The molecule has 0 spiro atoms. The molecule has 2 atom stereocenters. The third-order valence-corrected chi connectivity index (χ3v) is 4.55. The maximum absolute atomic E-state index is 12.9. The van der Waals surface area contributed by atoms with E-state index in [0.29, 0.717) is 19.8 Å². The van der Waals surface area contributed by atoms with Gasteiger partial charge in [-0.2, -0.15) is 0 Å². The molecule has 4 nitrogen and oxygen atoms in total. The van der Waals surface area contributed by atoms with Crippen LogP contribution in [-0.4, -0.2) is 43.3 Å². The fraction of sp³-hybridized carbons (Fsp3) is 0.611. The molecule has 0 saturated carbocycles. The lowest BCUT2D eigenvalue weighted by Gasteiger charge is -2.34. The van der Waals surface area contributed by atoms with Crippen molar-refractivity contribution in [3.63, 3.8) is 0 Å². The first-order chi connectivity index (χ1) is 10.8. The van der Waals surface area contributed by atoms with Gasteiger partial charge in [0.2, 0.25) is 0 Å². The van der Waals surface area contributed by atoms with Gasteiger partial charge in [-0.05, 0) is 25.3 Å². The fourth-order valence-corrected chi connectivity index (χ4v) is 3.41. The molecule has 2 saturated heterocycles. The molecule has 3 rings (SSSR count). The van der Waals surface area contributed by atoms with E-state index in [1.54, 1.807) is 0 Å². The summed E-state index contributed by atoms with van der Waals surface area (Å²) in [6.45, 7) is 4.40. The van der Waals surface area contributed by atoms with E-state index >= 15 is 0 Å². The molecular formula is C18H25NO3. The molecule has 0 aliphatic carbocycles. The number of likely N-dealkylation sites (tertiary alicyclic amines) is 1. The Hall–Kier alpha value is -1.39. The van der Waals surface area contributed by atoms with E-state index in [9.17, 15) is 4.79 Å². The summed E-state index contributed by atoms with van der Waals surface area (Å²) >= 11 is 0. The van der Waals surface area contributed by atoms with Crippen LogP contribution in [0.3, 0.4) is 0 Å². The first-order valence-corrected chi connectivity index (χ1v) is 8.32. The summed E-state index contributed by atoms with van der Waals surface area (Å²) in [5.41, 5.74) is 2.48. The molecule has 0 aromatic heterocycles. The molecule has 0 unspecified atom stereocenters. The van der Waals surface area contributed by atoms with Gasteiger partial charge in [0, 0.05) is 6.54 Å². The predicted molar refractivity (Wildman–Crippen MR) is 84.7 cm³/mol. The third kappa shape index (κ3) is 3.50. The molecule has 0 radical (unpaired) electrons. The molecule has 1 aromatic rings. The largest absolute Gasteiger partial charge is 0.376 e. The lowest BCUT2D eigenvalue weighted by atomic mass is 9.98. The van der Waals surface area contributed by atoms with Gasteiger partial charge in [-0.25, -0.2) is 0 Å². The van der Waals surface area contributed by atoms with E-state index in [1.165, 1.54) is 24.0 Å². The van der Waals surface area contributed by atoms with Crippen LogP contribution < -0.4 is 0 Å². The van der Waals surface area contributed by atoms with Crippen LogP contribution in [0.2, 0.25) is 0 Å². The maximum Gasteiger partial charge on any atom is 0.254 e. The van der Waals surface area contributed by atoms with Crippen molar-refractivity contribution in [3.05, 3.63) is 35.4 Å². The van der Waals surface area contributed by atoms with Gasteiger partial charge in [0.25, 0.3) is 5.91 Å². The Labute approximate surface area is 132 Å². The van der Waals surface area contributed by atoms with Gasteiger partial charge < -0.3 is 14.4 Å². The molecule has 2 heterocycles. The normalized spacial score (nSPS) is 26.5. The molecule has 2 aliphatic heterocycles. The van der Waals surface area contributed by atoms with Crippen LogP contribution in [0.4, 0.5) is 0 Å². The molecule has 0 bridgehead atoms. The number of aryl methyl sites for hydroxylation is 1. The van der Waals surface area contributed by atoms with Crippen molar-refractivity contribution < 1.29 is 14.3 Å². The SMILES string of the molecule is Cc1cccc([C@H]2CCCCCN2C(=O)[C@@H]2COCCO2)c1. The van der Waals surface area contributed by atoms with E-state index in [1.807, 2.05) is 4.90 Å². The molecule has 2 fully saturated rings. The van der Waals surface area contributed by atoms with Gasteiger partial charge in [0.1, 0.15) is 0 Å². The number of benzene rings is 1. The van der Waals surface area contributed by atoms with Crippen LogP contribution in [0.1, 0.15) is 42.9 Å².